The number of amides is 1. The Labute approximate surface area is 217 Å². The van der Waals surface area contributed by atoms with Gasteiger partial charge in [-0.25, -0.2) is 0 Å². The molecule has 4 atom stereocenters. The van der Waals surface area contributed by atoms with Crippen molar-refractivity contribution in [2.75, 3.05) is 17.3 Å². The van der Waals surface area contributed by atoms with Gasteiger partial charge in [-0.05, 0) is 36.8 Å². The van der Waals surface area contributed by atoms with Crippen molar-refractivity contribution in [3.8, 4) is 5.75 Å². The summed E-state index contributed by atoms with van der Waals surface area (Å²) in [6, 6.07) is 16.4. The van der Waals surface area contributed by atoms with Crippen LogP contribution in [-0.2, 0) is 15.0 Å². The summed E-state index contributed by atoms with van der Waals surface area (Å²) in [6.45, 7) is 1.41. The van der Waals surface area contributed by atoms with Crippen LogP contribution in [-0.4, -0.2) is 41.6 Å². The van der Waals surface area contributed by atoms with E-state index in [9.17, 15) is 24.5 Å². The van der Waals surface area contributed by atoms with E-state index >= 15 is 0 Å². The number of nitro benzene ring substituents is 1. The van der Waals surface area contributed by atoms with E-state index in [-0.39, 0.29) is 22.9 Å². The summed E-state index contributed by atoms with van der Waals surface area (Å²) in [7, 11) is 1.56. The zero-order chi connectivity index (χ0) is 26.8. The van der Waals surface area contributed by atoms with E-state index < -0.39 is 34.1 Å². The Kier molecular flexibility index (Phi) is 5.20. The van der Waals surface area contributed by atoms with Crippen LogP contribution in [0.15, 0.2) is 72.8 Å². The van der Waals surface area contributed by atoms with Crippen molar-refractivity contribution in [2.24, 2.45) is 5.92 Å². The number of nitrogens with one attached hydrogen (secondary N) is 1. The lowest BCUT2D eigenvalue weighted by Gasteiger charge is -2.37. The predicted octanol–water partition coefficient (Wildman–Crippen LogP) is 4.17. The average molecular weight is 510 g/mol. The first kappa shape index (κ1) is 23.6. The van der Waals surface area contributed by atoms with E-state index in [4.69, 9.17) is 4.74 Å². The zero-order valence-electron chi connectivity index (χ0n) is 20.6. The molecule has 3 heterocycles. The van der Waals surface area contributed by atoms with Gasteiger partial charge in [0.05, 0.1) is 30.0 Å². The Hall–Kier alpha value is -4.79. The topological polar surface area (TPSA) is 119 Å². The summed E-state index contributed by atoms with van der Waals surface area (Å²) in [5.41, 5.74) is 1.07. The number of rotatable bonds is 5. The number of Topliss-reactive ketones (excluding diaryl/α,β-unsaturated/α-hetero) is 2. The van der Waals surface area contributed by atoms with Crippen molar-refractivity contribution in [1.29, 1.82) is 0 Å². The summed E-state index contributed by atoms with van der Waals surface area (Å²) in [6.07, 6.45) is 3.74. The third-order valence-corrected chi connectivity index (χ3v) is 7.88. The molecular weight excluding hydrogens is 486 g/mol. The lowest BCUT2D eigenvalue weighted by Crippen LogP contribution is -2.51. The Morgan fingerprint density at radius 2 is 1.87 bits per heavy atom. The Morgan fingerprint density at radius 3 is 2.61 bits per heavy atom. The fourth-order valence-electron chi connectivity index (χ4n) is 6.39. The fourth-order valence-corrected chi connectivity index (χ4v) is 6.39. The maximum absolute atomic E-state index is 14.4. The van der Waals surface area contributed by atoms with Gasteiger partial charge in [-0.15, -0.1) is 0 Å². The number of carbonyl (C=O) groups is 3. The first-order valence-electron chi connectivity index (χ1n) is 12.1. The number of benzene rings is 3. The highest BCUT2D eigenvalue weighted by Gasteiger charge is 2.69. The Balaban J connectivity index is 1.63. The first-order valence-corrected chi connectivity index (χ1v) is 12.1. The lowest BCUT2D eigenvalue weighted by atomic mass is 9.64. The molecule has 190 valence electrons. The van der Waals surface area contributed by atoms with E-state index in [0.29, 0.717) is 22.7 Å². The molecule has 9 heteroatoms. The number of hydrogen-bond donors (Lipinski definition) is 1. The molecule has 3 aromatic rings. The van der Waals surface area contributed by atoms with Crippen molar-refractivity contribution in [3.63, 3.8) is 0 Å². The minimum atomic E-state index is -1.44. The van der Waals surface area contributed by atoms with Crippen molar-refractivity contribution >= 4 is 40.6 Å². The van der Waals surface area contributed by atoms with Crippen LogP contribution in [0, 0.1) is 16.0 Å². The van der Waals surface area contributed by atoms with Crippen molar-refractivity contribution < 1.29 is 24.0 Å². The molecule has 0 aromatic heterocycles. The number of carbonyl (C=O) groups excluding carboxylic acids is 3. The summed E-state index contributed by atoms with van der Waals surface area (Å²) in [5, 5.41) is 14.4. The standard InChI is InChI=1S/C29H23N3O6/c1-16(33)26-25(27(34)18-6-5-7-19(14-18)32(36)37)29(21-8-3-4-9-22(21)30-28(29)35)24-13-10-17-15-20(38-2)11-12-23(17)31(24)26/h3-15,24-26H,1-2H3,(H,30,35)/t24-,25+,26-,29-/m1/s1. The van der Waals surface area contributed by atoms with Gasteiger partial charge in [0.15, 0.2) is 11.6 Å². The van der Waals surface area contributed by atoms with Gasteiger partial charge >= 0.3 is 0 Å². The summed E-state index contributed by atoms with van der Waals surface area (Å²) >= 11 is 0. The molecule has 0 aliphatic carbocycles. The molecule has 0 radical (unpaired) electrons. The normalized spacial score (nSPS) is 24.4. The van der Waals surface area contributed by atoms with E-state index in [2.05, 4.69) is 5.32 Å². The van der Waals surface area contributed by atoms with Crippen LogP contribution >= 0.6 is 0 Å². The second-order valence-electron chi connectivity index (χ2n) is 9.71. The van der Waals surface area contributed by atoms with E-state index in [1.54, 1.807) is 37.4 Å². The molecule has 3 aromatic carbocycles. The number of ketones is 2. The number of para-hydroxylation sites is 1. The van der Waals surface area contributed by atoms with Gasteiger partial charge in [0.25, 0.3) is 5.69 Å². The summed E-state index contributed by atoms with van der Waals surface area (Å²) < 4.78 is 5.38. The van der Waals surface area contributed by atoms with Crippen LogP contribution in [0.4, 0.5) is 17.1 Å². The number of hydrogen-bond acceptors (Lipinski definition) is 7. The highest BCUT2D eigenvalue weighted by Crippen LogP contribution is 2.58. The number of non-ortho nitro benzene ring substituents is 1. The molecule has 1 fully saturated rings. The summed E-state index contributed by atoms with van der Waals surface area (Å²) in [5.74, 6) is -1.69. The molecule has 1 spiro atoms. The highest BCUT2D eigenvalue weighted by atomic mass is 16.6. The van der Waals surface area contributed by atoms with Crippen molar-refractivity contribution in [1.82, 2.24) is 0 Å². The van der Waals surface area contributed by atoms with Crippen LogP contribution in [0.3, 0.4) is 0 Å². The smallest absolute Gasteiger partial charge is 0.270 e. The Morgan fingerprint density at radius 1 is 1.08 bits per heavy atom. The quantitative estimate of drug-likeness (QED) is 0.312. The van der Waals surface area contributed by atoms with Gasteiger partial charge in [0.2, 0.25) is 5.91 Å². The maximum atomic E-state index is 14.4. The molecule has 3 aliphatic heterocycles. The lowest BCUT2D eigenvalue weighted by molar-refractivity contribution is -0.384. The fraction of sp³-hybridized carbons (Fsp3) is 0.207. The molecule has 0 bridgehead atoms. The first-order chi connectivity index (χ1) is 18.3. The van der Waals surface area contributed by atoms with Crippen LogP contribution in [0.2, 0.25) is 0 Å². The predicted molar refractivity (Wildman–Crippen MR) is 140 cm³/mol. The molecule has 9 nitrogen and oxygen atoms in total. The van der Waals surface area contributed by atoms with Crippen LogP contribution in [0.25, 0.3) is 6.08 Å². The number of anilines is 2. The molecule has 1 amide bonds. The van der Waals surface area contributed by atoms with E-state index in [0.717, 1.165) is 5.56 Å². The van der Waals surface area contributed by atoms with Crippen LogP contribution in [0.1, 0.15) is 28.4 Å². The SMILES string of the molecule is COc1ccc2c(c1)C=C[C@H]1N2[C@H](C(C)=O)[C@@H](C(=O)c2cccc([N+](=O)[O-])c2)[C@]12C(=O)Nc1ccccc12. The van der Waals surface area contributed by atoms with Gasteiger partial charge in [-0.1, -0.05) is 42.5 Å². The monoisotopic (exact) mass is 509 g/mol. The van der Waals surface area contributed by atoms with Crippen LogP contribution < -0.4 is 15.0 Å². The number of methoxy groups -OCH3 is 1. The van der Waals surface area contributed by atoms with Gasteiger partial charge in [0.1, 0.15) is 11.2 Å². The molecule has 1 saturated heterocycles. The molecule has 0 unspecified atom stereocenters. The molecule has 38 heavy (non-hydrogen) atoms. The number of fused-ring (bicyclic) bond motifs is 6. The minimum Gasteiger partial charge on any atom is -0.497 e. The number of nitrogens with zero attached hydrogens (tertiary/aromatic N) is 2. The molecule has 3 aliphatic rings. The van der Waals surface area contributed by atoms with Gasteiger partial charge in [-0.2, -0.15) is 0 Å². The highest BCUT2D eigenvalue weighted by molar-refractivity contribution is 6.16. The number of ether oxygens (including phenoxy) is 1. The third-order valence-electron chi connectivity index (χ3n) is 7.88. The number of nitro groups is 1. The van der Waals surface area contributed by atoms with Gasteiger partial charge < -0.3 is 15.0 Å². The zero-order valence-corrected chi connectivity index (χ0v) is 20.6. The second kappa shape index (κ2) is 8.37. The van der Waals surface area contributed by atoms with Crippen molar-refractivity contribution in [3.05, 3.63) is 99.6 Å². The molecule has 1 N–H and O–H groups in total. The molecule has 6 rings (SSSR count). The average Bonchev–Trinajstić information content (AvgIpc) is 3.40. The minimum absolute atomic E-state index is 0.0748. The molecule has 0 saturated carbocycles. The van der Waals surface area contributed by atoms with E-state index in [1.807, 2.05) is 29.2 Å². The van der Waals surface area contributed by atoms with Gasteiger partial charge in [0, 0.05) is 34.6 Å². The largest absolute Gasteiger partial charge is 0.497 e. The van der Waals surface area contributed by atoms with Crippen LogP contribution in [0.5, 0.6) is 5.75 Å². The summed E-state index contributed by atoms with van der Waals surface area (Å²) in [4.78, 5) is 54.6. The maximum Gasteiger partial charge on any atom is 0.270 e. The van der Waals surface area contributed by atoms with E-state index in [1.165, 1.54) is 31.2 Å². The third kappa shape index (κ3) is 3.08. The second-order valence-corrected chi connectivity index (χ2v) is 9.71. The van der Waals surface area contributed by atoms with Gasteiger partial charge in [-0.3, -0.25) is 24.5 Å². The molecular formula is C29H23N3O6. The Bertz CT molecular complexity index is 1580. The van der Waals surface area contributed by atoms with Crippen molar-refractivity contribution in [2.45, 2.75) is 24.4 Å².